The van der Waals surface area contributed by atoms with Crippen LogP contribution in [0.25, 0.3) is 0 Å². The number of benzene rings is 1. The molecule has 0 spiro atoms. The van der Waals surface area contributed by atoms with Crippen LogP contribution in [0.15, 0.2) is 29.4 Å². The third kappa shape index (κ3) is 2.45. The molecule has 0 saturated carbocycles. The summed E-state index contributed by atoms with van der Waals surface area (Å²) in [4.78, 5) is 4.64. The fourth-order valence-electron chi connectivity index (χ4n) is 0.945. The second kappa shape index (κ2) is 4.47. The topological polar surface area (TPSA) is 53.8 Å². The van der Waals surface area contributed by atoms with Crippen LogP contribution in [0.3, 0.4) is 0 Å². The molecule has 0 amide bonds. The van der Waals surface area contributed by atoms with Crippen molar-refractivity contribution in [1.82, 2.24) is 5.48 Å². The Balaban J connectivity index is 2.87. The molecule has 0 bridgehead atoms. The molecular weight excluding hydrogens is 168 g/mol. The zero-order chi connectivity index (χ0) is 9.68. The number of amidine groups is 1. The number of nitrogens with zero attached hydrogens (tertiary/aromatic N) is 1. The van der Waals surface area contributed by atoms with E-state index in [0.29, 0.717) is 5.84 Å². The summed E-state index contributed by atoms with van der Waals surface area (Å²) in [5.41, 5.74) is 4.39. The average molecular weight is 180 g/mol. The van der Waals surface area contributed by atoms with Crippen molar-refractivity contribution in [1.29, 1.82) is 0 Å². The summed E-state index contributed by atoms with van der Waals surface area (Å²) >= 11 is 0. The summed E-state index contributed by atoms with van der Waals surface area (Å²) in [6.45, 7) is 1.99. The van der Waals surface area contributed by atoms with Gasteiger partial charge in [0, 0.05) is 5.56 Å². The Bertz CT molecular complexity index is 293. The molecule has 1 aromatic carbocycles. The highest BCUT2D eigenvalue weighted by molar-refractivity contribution is 5.97. The molecule has 0 aromatic heterocycles. The molecule has 0 heterocycles. The molecule has 0 fully saturated rings. The lowest BCUT2D eigenvalue weighted by Gasteiger charge is -2.04. The zero-order valence-corrected chi connectivity index (χ0v) is 7.61. The molecule has 1 aromatic rings. The molecule has 0 aliphatic heterocycles. The maximum absolute atomic E-state index is 8.63. The van der Waals surface area contributed by atoms with Gasteiger partial charge in [0.1, 0.15) is 0 Å². The van der Waals surface area contributed by atoms with Crippen molar-refractivity contribution in [3.63, 3.8) is 0 Å². The van der Waals surface area contributed by atoms with Gasteiger partial charge >= 0.3 is 0 Å². The number of hydroxylamine groups is 1. The Morgan fingerprint density at radius 3 is 2.46 bits per heavy atom. The highest BCUT2D eigenvalue weighted by Gasteiger charge is 2.01. The molecule has 4 nitrogen and oxygen atoms in total. The minimum Gasteiger partial charge on any atom is -0.409 e. The van der Waals surface area contributed by atoms with Gasteiger partial charge in [-0.2, -0.15) is 0 Å². The first-order valence-electron chi connectivity index (χ1n) is 3.86. The molecule has 0 saturated heterocycles. The number of oxime groups is 1. The van der Waals surface area contributed by atoms with Crippen molar-refractivity contribution < 1.29 is 10.0 Å². The van der Waals surface area contributed by atoms with E-state index in [-0.39, 0.29) is 0 Å². The Hall–Kier alpha value is -1.55. The molecule has 0 atom stereocenters. The quantitative estimate of drug-likeness (QED) is 0.312. The van der Waals surface area contributed by atoms with Crippen molar-refractivity contribution in [3.8, 4) is 0 Å². The van der Waals surface area contributed by atoms with Gasteiger partial charge in [-0.3, -0.25) is 4.84 Å². The van der Waals surface area contributed by atoms with Crippen molar-refractivity contribution in [2.75, 3.05) is 7.11 Å². The Morgan fingerprint density at radius 2 is 2.00 bits per heavy atom. The average Bonchev–Trinajstić information content (AvgIpc) is 2.16. The van der Waals surface area contributed by atoms with Crippen LogP contribution < -0.4 is 5.48 Å². The molecule has 4 heteroatoms. The summed E-state index contributed by atoms with van der Waals surface area (Å²) in [6, 6.07) is 7.54. The first-order chi connectivity index (χ1) is 6.27. The van der Waals surface area contributed by atoms with Gasteiger partial charge in [-0.05, 0) is 6.92 Å². The van der Waals surface area contributed by atoms with Gasteiger partial charge in [0.15, 0.2) is 5.84 Å². The lowest BCUT2D eigenvalue weighted by Crippen LogP contribution is -2.23. The van der Waals surface area contributed by atoms with Gasteiger partial charge in [0.25, 0.3) is 0 Å². The molecule has 0 aliphatic carbocycles. The standard InChI is InChI=1S/C9H12N2O2/c1-7-3-5-8(6-4-7)9(10-12)11-13-2/h3-6,12H,1-2H3,(H,10,11). The van der Waals surface area contributed by atoms with E-state index in [2.05, 4.69) is 15.5 Å². The van der Waals surface area contributed by atoms with Crippen molar-refractivity contribution in [2.45, 2.75) is 6.92 Å². The summed E-state index contributed by atoms with van der Waals surface area (Å²) in [6.07, 6.45) is 0. The third-order valence-electron chi connectivity index (χ3n) is 1.62. The monoisotopic (exact) mass is 180 g/mol. The second-order valence-electron chi connectivity index (χ2n) is 2.62. The fourth-order valence-corrected chi connectivity index (χ4v) is 0.945. The maximum Gasteiger partial charge on any atom is 0.196 e. The maximum atomic E-state index is 8.63. The molecule has 2 N–H and O–H groups in total. The molecule has 70 valence electrons. The van der Waals surface area contributed by atoms with E-state index in [9.17, 15) is 0 Å². The van der Waals surface area contributed by atoms with Crippen LogP contribution in [-0.2, 0) is 4.84 Å². The molecular formula is C9H12N2O2. The van der Waals surface area contributed by atoms with Crippen molar-refractivity contribution in [3.05, 3.63) is 35.4 Å². The van der Waals surface area contributed by atoms with Crippen LogP contribution in [0.2, 0.25) is 0 Å². The van der Waals surface area contributed by atoms with Gasteiger partial charge in [-0.15, -0.1) is 0 Å². The van der Waals surface area contributed by atoms with Gasteiger partial charge < -0.3 is 5.21 Å². The Morgan fingerprint density at radius 1 is 1.38 bits per heavy atom. The first kappa shape index (κ1) is 9.54. The van der Waals surface area contributed by atoms with Gasteiger partial charge in [0.05, 0.1) is 7.11 Å². The van der Waals surface area contributed by atoms with Crippen LogP contribution in [0.4, 0.5) is 0 Å². The Labute approximate surface area is 76.8 Å². The van der Waals surface area contributed by atoms with E-state index >= 15 is 0 Å². The highest BCUT2D eigenvalue weighted by Crippen LogP contribution is 2.03. The van der Waals surface area contributed by atoms with Crippen LogP contribution in [0.5, 0.6) is 0 Å². The summed E-state index contributed by atoms with van der Waals surface area (Å²) in [5, 5.41) is 11.7. The molecule has 1 rings (SSSR count). The van der Waals surface area contributed by atoms with Crippen LogP contribution in [-0.4, -0.2) is 18.2 Å². The highest BCUT2D eigenvalue weighted by atomic mass is 16.6. The van der Waals surface area contributed by atoms with Crippen LogP contribution in [0, 0.1) is 6.92 Å². The van der Waals surface area contributed by atoms with E-state index < -0.39 is 0 Å². The van der Waals surface area contributed by atoms with Crippen LogP contribution in [0.1, 0.15) is 11.1 Å². The SMILES string of the molecule is CON/C(=N/O)c1ccc(C)cc1. The van der Waals surface area contributed by atoms with Crippen LogP contribution >= 0.6 is 0 Å². The summed E-state index contributed by atoms with van der Waals surface area (Å²) < 4.78 is 0. The number of nitrogens with one attached hydrogen (secondary N) is 1. The molecule has 0 radical (unpaired) electrons. The van der Waals surface area contributed by atoms with E-state index in [1.165, 1.54) is 7.11 Å². The molecule has 0 aliphatic rings. The molecule has 0 unspecified atom stereocenters. The second-order valence-corrected chi connectivity index (χ2v) is 2.62. The van der Waals surface area contributed by atoms with Crippen molar-refractivity contribution >= 4 is 5.84 Å². The van der Waals surface area contributed by atoms with Crippen molar-refractivity contribution in [2.24, 2.45) is 5.16 Å². The summed E-state index contributed by atoms with van der Waals surface area (Å²) in [5.74, 6) is 0.294. The lowest BCUT2D eigenvalue weighted by molar-refractivity contribution is 0.140. The predicted molar refractivity (Wildman–Crippen MR) is 49.6 cm³/mol. The zero-order valence-electron chi connectivity index (χ0n) is 7.61. The molecule has 13 heavy (non-hydrogen) atoms. The largest absolute Gasteiger partial charge is 0.409 e. The van der Waals surface area contributed by atoms with Gasteiger partial charge in [-0.1, -0.05) is 35.0 Å². The summed E-state index contributed by atoms with van der Waals surface area (Å²) in [7, 11) is 1.46. The number of hydrogen-bond acceptors (Lipinski definition) is 3. The lowest BCUT2D eigenvalue weighted by atomic mass is 10.1. The third-order valence-corrected chi connectivity index (χ3v) is 1.62. The Kier molecular flexibility index (Phi) is 3.28. The first-order valence-corrected chi connectivity index (χ1v) is 3.86. The number of hydrogen-bond donors (Lipinski definition) is 2. The van der Waals surface area contributed by atoms with E-state index in [0.717, 1.165) is 11.1 Å². The normalized spacial score (nSPS) is 11.4. The minimum atomic E-state index is 0.294. The minimum absolute atomic E-state index is 0.294. The fraction of sp³-hybridized carbons (Fsp3) is 0.222. The smallest absolute Gasteiger partial charge is 0.196 e. The van der Waals surface area contributed by atoms with E-state index in [1.54, 1.807) is 0 Å². The predicted octanol–water partition coefficient (Wildman–Crippen LogP) is 1.28. The number of aryl methyl sites for hydroxylation is 1. The van der Waals surface area contributed by atoms with Gasteiger partial charge in [0.2, 0.25) is 0 Å². The number of rotatable bonds is 2. The van der Waals surface area contributed by atoms with E-state index in [1.807, 2.05) is 31.2 Å². The van der Waals surface area contributed by atoms with Gasteiger partial charge in [-0.25, -0.2) is 5.48 Å². The van der Waals surface area contributed by atoms with E-state index in [4.69, 9.17) is 5.21 Å².